The average molecular weight is 497 g/mol. The van der Waals surface area contributed by atoms with Crippen LogP contribution in [0.3, 0.4) is 0 Å². The Morgan fingerprint density at radius 2 is 1.86 bits per heavy atom. The third kappa shape index (κ3) is 5.06. The number of morpholine rings is 1. The van der Waals surface area contributed by atoms with Gasteiger partial charge in [-0.2, -0.15) is 10.2 Å². The number of nitrogens with one attached hydrogen (secondary N) is 2. The third-order valence-corrected chi connectivity index (χ3v) is 6.44. The molecule has 1 amide bonds. The lowest BCUT2D eigenvalue weighted by Gasteiger charge is -2.30. The molecule has 3 aromatic rings. The zero-order valence-electron chi connectivity index (χ0n) is 19.7. The van der Waals surface area contributed by atoms with Gasteiger partial charge in [-0.25, -0.2) is 14.4 Å². The number of primary amides is 1. The minimum atomic E-state index is -0.809. The summed E-state index contributed by atoms with van der Waals surface area (Å²) in [4.78, 5) is 24.7. The summed E-state index contributed by atoms with van der Waals surface area (Å²) in [6.07, 6.45) is 8.47. The summed E-state index contributed by atoms with van der Waals surface area (Å²) in [5, 5.41) is 14.7. The minimum Gasteiger partial charge on any atom is -0.378 e. The van der Waals surface area contributed by atoms with E-state index in [9.17, 15) is 9.18 Å². The fourth-order valence-electron chi connectivity index (χ4n) is 4.54. The number of hydrogen-bond donors (Lipinski definition) is 4. The molecule has 0 unspecified atom stereocenters. The van der Waals surface area contributed by atoms with Gasteiger partial charge in [0.05, 0.1) is 43.1 Å². The van der Waals surface area contributed by atoms with Gasteiger partial charge in [-0.05, 0) is 25.0 Å². The molecule has 2 fully saturated rings. The van der Waals surface area contributed by atoms with Crippen molar-refractivity contribution in [3.63, 3.8) is 0 Å². The molecule has 0 radical (unpaired) electrons. The smallest absolute Gasteiger partial charge is 0.252 e. The number of ether oxygens (including phenoxy) is 1. The molecule has 1 saturated carbocycles. The number of rotatable bonds is 7. The van der Waals surface area contributed by atoms with Crippen LogP contribution < -0.4 is 27.0 Å². The van der Waals surface area contributed by atoms with E-state index in [4.69, 9.17) is 16.2 Å². The van der Waals surface area contributed by atoms with Crippen molar-refractivity contribution in [2.75, 3.05) is 41.8 Å². The highest BCUT2D eigenvalue weighted by Crippen LogP contribution is 2.29. The average Bonchev–Trinajstić information content (AvgIpc) is 3.42. The fourth-order valence-corrected chi connectivity index (χ4v) is 4.54. The predicted octanol–water partition coefficient (Wildman–Crippen LogP) is 1.56. The van der Waals surface area contributed by atoms with Gasteiger partial charge in [0.2, 0.25) is 0 Å². The molecule has 0 bridgehead atoms. The van der Waals surface area contributed by atoms with Gasteiger partial charge in [0, 0.05) is 25.2 Å². The van der Waals surface area contributed by atoms with Crippen molar-refractivity contribution >= 4 is 29.0 Å². The van der Waals surface area contributed by atoms with Crippen LogP contribution in [0.1, 0.15) is 36.0 Å². The van der Waals surface area contributed by atoms with Crippen molar-refractivity contribution in [2.24, 2.45) is 11.5 Å². The molecule has 0 aromatic carbocycles. The van der Waals surface area contributed by atoms with Crippen LogP contribution in [0.25, 0.3) is 5.69 Å². The number of nitrogens with zero attached hydrogens (tertiary/aromatic N) is 6. The van der Waals surface area contributed by atoms with Crippen LogP contribution in [0.2, 0.25) is 0 Å². The van der Waals surface area contributed by atoms with Gasteiger partial charge in [0.15, 0.2) is 17.5 Å². The van der Waals surface area contributed by atoms with Gasteiger partial charge in [-0.3, -0.25) is 4.79 Å². The lowest BCUT2D eigenvalue weighted by Crippen LogP contribution is -2.43. The number of anilines is 4. The molecule has 4 heterocycles. The van der Waals surface area contributed by atoms with E-state index in [1.807, 2.05) is 0 Å². The molecule has 1 aliphatic heterocycles. The Balaban J connectivity index is 1.48. The van der Waals surface area contributed by atoms with Crippen molar-refractivity contribution in [1.82, 2.24) is 25.0 Å². The first kappa shape index (κ1) is 23.9. The van der Waals surface area contributed by atoms with Crippen LogP contribution >= 0.6 is 0 Å². The zero-order valence-corrected chi connectivity index (χ0v) is 19.7. The van der Waals surface area contributed by atoms with Crippen LogP contribution in [0.5, 0.6) is 0 Å². The van der Waals surface area contributed by atoms with Crippen molar-refractivity contribution < 1.29 is 13.9 Å². The quantitative estimate of drug-likeness (QED) is 0.377. The molecular formula is C23H29FN10O2. The van der Waals surface area contributed by atoms with Gasteiger partial charge in [0.1, 0.15) is 11.5 Å². The van der Waals surface area contributed by atoms with Crippen molar-refractivity contribution in [1.29, 1.82) is 0 Å². The Labute approximate surface area is 207 Å². The van der Waals surface area contributed by atoms with Crippen LogP contribution in [-0.4, -0.2) is 69.3 Å². The van der Waals surface area contributed by atoms with Crippen LogP contribution in [-0.2, 0) is 4.74 Å². The highest BCUT2D eigenvalue weighted by atomic mass is 19.1. The van der Waals surface area contributed by atoms with E-state index >= 15 is 0 Å². The molecule has 6 N–H and O–H groups in total. The van der Waals surface area contributed by atoms with Crippen molar-refractivity contribution in [3.8, 4) is 5.69 Å². The second-order valence-corrected chi connectivity index (χ2v) is 8.89. The standard InChI is InChI=1S/C23H29FN10O2/c24-16-12-15(20(26)35)21(32-22(16)31-18-4-2-1-3-17(18)25)30-14-11-19(34-28-5-6-29-34)23(27-13-14)33-7-9-36-10-8-33/h5-6,11-13,17-18H,1-4,7-10,25H2,(H2,26,35)(H2,30,31,32)/t17-,18+/m0/s1. The van der Waals surface area contributed by atoms with E-state index < -0.39 is 11.7 Å². The summed E-state index contributed by atoms with van der Waals surface area (Å²) < 4.78 is 20.3. The molecule has 1 aliphatic carbocycles. The summed E-state index contributed by atoms with van der Waals surface area (Å²) in [6.45, 7) is 2.54. The first-order valence-electron chi connectivity index (χ1n) is 12.0. The number of hydrogen-bond acceptors (Lipinski definition) is 10. The van der Waals surface area contributed by atoms with Gasteiger partial charge < -0.3 is 31.7 Å². The largest absolute Gasteiger partial charge is 0.378 e. The van der Waals surface area contributed by atoms with Crippen LogP contribution in [0, 0.1) is 5.82 Å². The number of aromatic nitrogens is 5. The van der Waals surface area contributed by atoms with E-state index in [2.05, 4.69) is 35.7 Å². The van der Waals surface area contributed by atoms with Crippen molar-refractivity contribution in [3.05, 3.63) is 42.1 Å². The number of carbonyl (C=O) groups is 1. The van der Waals surface area contributed by atoms with Crippen LogP contribution in [0.4, 0.5) is 27.5 Å². The lowest BCUT2D eigenvalue weighted by atomic mass is 9.91. The first-order valence-corrected chi connectivity index (χ1v) is 12.0. The molecule has 12 nitrogen and oxygen atoms in total. The van der Waals surface area contributed by atoms with E-state index in [0.29, 0.717) is 43.5 Å². The normalized spacial score (nSPS) is 20.2. The van der Waals surface area contributed by atoms with Gasteiger partial charge in [-0.1, -0.05) is 12.8 Å². The van der Waals surface area contributed by atoms with Gasteiger partial charge >= 0.3 is 0 Å². The maximum atomic E-state index is 14.9. The third-order valence-electron chi connectivity index (χ3n) is 6.44. The maximum Gasteiger partial charge on any atom is 0.252 e. The molecule has 190 valence electrons. The Kier molecular flexibility index (Phi) is 6.91. The monoisotopic (exact) mass is 496 g/mol. The number of carbonyl (C=O) groups excluding carboxylic acids is 1. The highest BCUT2D eigenvalue weighted by molar-refractivity contribution is 5.98. The van der Waals surface area contributed by atoms with E-state index in [-0.39, 0.29) is 29.3 Å². The molecule has 13 heteroatoms. The summed E-state index contributed by atoms with van der Waals surface area (Å²) in [5.74, 6) is -0.672. The topological polar surface area (TPSA) is 162 Å². The van der Waals surface area contributed by atoms with Gasteiger partial charge in [-0.15, -0.1) is 4.80 Å². The molecule has 36 heavy (non-hydrogen) atoms. The molecule has 5 rings (SSSR count). The Hall–Kier alpha value is -3.84. The number of nitrogens with two attached hydrogens (primary N) is 2. The van der Waals surface area contributed by atoms with E-state index in [0.717, 1.165) is 31.7 Å². The summed E-state index contributed by atoms with van der Waals surface area (Å²) in [6, 6.07) is 2.66. The highest BCUT2D eigenvalue weighted by Gasteiger charge is 2.25. The SMILES string of the molecule is NC(=O)c1cc(F)c(N[C@@H]2CCCC[C@@H]2N)nc1Nc1cnc(N2CCOCC2)c(-n2nccn2)c1. The minimum absolute atomic E-state index is 0.0108. The van der Waals surface area contributed by atoms with Gasteiger partial charge in [0.25, 0.3) is 5.91 Å². The second kappa shape index (κ2) is 10.4. The summed E-state index contributed by atoms with van der Waals surface area (Å²) >= 11 is 0. The van der Waals surface area contributed by atoms with Crippen LogP contribution in [0.15, 0.2) is 30.7 Å². The maximum absolute atomic E-state index is 14.9. The molecule has 2 aliphatic rings. The molecule has 2 atom stereocenters. The molecule has 3 aromatic heterocycles. The summed E-state index contributed by atoms with van der Waals surface area (Å²) in [5.41, 5.74) is 12.8. The zero-order chi connectivity index (χ0) is 25.1. The number of amides is 1. The first-order chi connectivity index (χ1) is 17.5. The van der Waals surface area contributed by atoms with Crippen molar-refractivity contribution in [2.45, 2.75) is 37.8 Å². The number of halogens is 1. The fraction of sp³-hybridized carbons (Fsp3) is 0.435. The molecule has 0 spiro atoms. The lowest BCUT2D eigenvalue weighted by molar-refractivity contribution is 0.100. The summed E-state index contributed by atoms with van der Waals surface area (Å²) in [7, 11) is 0. The molecular weight excluding hydrogens is 467 g/mol. The number of pyridine rings is 2. The Morgan fingerprint density at radius 3 is 2.58 bits per heavy atom. The molecule has 1 saturated heterocycles. The second-order valence-electron chi connectivity index (χ2n) is 8.89. The predicted molar refractivity (Wildman–Crippen MR) is 132 cm³/mol. The van der Waals surface area contributed by atoms with E-state index in [1.54, 1.807) is 24.7 Å². The van der Waals surface area contributed by atoms with E-state index in [1.165, 1.54) is 4.80 Å². The Morgan fingerprint density at radius 1 is 1.11 bits per heavy atom. The Bertz CT molecular complexity index is 1220.